The molecular weight excluding hydrogens is 362 g/mol. The fourth-order valence-corrected chi connectivity index (χ4v) is 4.03. The van der Waals surface area contributed by atoms with Crippen LogP contribution in [0.25, 0.3) is 22.2 Å². The minimum absolute atomic E-state index is 0.267. The van der Waals surface area contributed by atoms with Crippen molar-refractivity contribution >= 4 is 40.2 Å². The van der Waals surface area contributed by atoms with Crippen molar-refractivity contribution in [3.63, 3.8) is 0 Å². The molecule has 1 aliphatic heterocycles. The zero-order valence-corrected chi connectivity index (χ0v) is 16.4. The summed E-state index contributed by atoms with van der Waals surface area (Å²) in [6.45, 7) is 4.36. The van der Waals surface area contributed by atoms with Crippen LogP contribution in [0.15, 0.2) is 23.1 Å². The maximum atomic E-state index is 6.01. The second-order valence-corrected chi connectivity index (χ2v) is 7.36. The summed E-state index contributed by atoms with van der Waals surface area (Å²) in [5.74, 6) is 2.01. The molecule has 0 bridgehead atoms. The van der Waals surface area contributed by atoms with Gasteiger partial charge < -0.3 is 20.7 Å². The molecule has 3 aromatic rings. The van der Waals surface area contributed by atoms with E-state index in [0.717, 1.165) is 39.4 Å². The number of fused-ring (bicyclic) bond motifs is 1. The smallest absolute Gasteiger partial charge is 0.224 e. The molecule has 1 atom stereocenters. The zero-order chi connectivity index (χ0) is 19.0. The Morgan fingerprint density at radius 1 is 1.33 bits per heavy atom. The molecule has 8 nitrogen and oxygen atoms in total. The number of nitrogens with one attached hydrogen (secondary N) is 2. The molecule has 0 amide bonds. The number of anilines is 3. The Kier molecular flexibility index (Phi) is 4.79. The van der Waals surface area contributed by atoms with Gasteiger partial charge in [0, 0.05) is 30.1 Å². The Balaban J connectivity index is 1.83. The third kappa shape index (κ3) is 3.28. The van der Waals surface area contributed by atoms with Crippen LogP contribution in [0.1, 0.15) is 6.92 Å². The topological polar surface area (TPSA) is 105 Å². The quantitative estimate of drug-likeness (QED) is 0.589. The van der Waals surface area contributed by atoms with Gasteiger partial charge in [0.05, 0.1) is 35.9 Å². The van der Waals surface area contributed by atoms with Gasteiger partial charge in [0.2, 0.25) is 5.95 Å². The van der Waals surface area contributed by atoms with Crippen LogP contribution >= 0.6 is 11.8 Å². The fraction of sp³-hybridized carbons (Fsp3) is 0.389. The van der Waals surface area contributed by atoms with Gasteiger partial charge in [-0.15, -0.1) is 11.8 Å². The summed E-state index contributed by atoms with van der Waals surface area (Å²) in [7, 11) is 1.83. The highest BCUT2D eigenvalue weighted by Crippen LogP contribution is 2.35. The molecule has 1 saturated heterocycles. The standard InChI is InChI=1S/C18H23N7OS/c1-10-9-26-5-4-25(10)15-8-12(21-18(20-2)22-15)11-6-13-16(14(7-11)27-3)17(19)24-23-13/h6-8,10H,4-5,9H2,1-3H3,(H3,19,23,24)(H,20,21,22)/t10-/m1/s1. The third-order valence-corrected chi connectivity index (χ3v) is 5.53. The van der Waals surface area contributed by atoms with Gasteiger partial charge >= 0.3 is 0 Å². The fourth-order valence-electron chi connectivity index (χ4n) is 3.36. The van der Waals surface area contributed by atoms with Crippen LogP contribution in [0.4, 0.5) is 17.6 Å². The number of nitrogens with two attached hydrogens (primary N) is 1. The lowest BCUT2D eigenvalue weighted by atomic mass is 10.1. The van der Waals surface area contributed by atoms with Crippen LogP contribution in [-0.4, -0.2) is 59.3 Å². The van der Waals surface area contributed by atoms with Crippen LogP contribution in [0.5, 0.6) is 0 Å². The third-order valence-electron chi connectivity index (χ3n) is 4.77. The van der Waals surface area contributed by atoms with Gasteiger partial charge in [0.1, 0.15) is 5.82 Å². The van der Waals surface area contributed by atoms with Gasteiger partial charge in [-0.3, -0.25) is 5.10 Å². The SMILES string of the molecule is CNc1nc(-c2cc(SC)c3c(N)n[nH]c3c2)cc(N2CCOC[C@H]2C)n1. The highest BCUT2D eigenvalue weighted by Gasteiger charge is 2.22. The molecule has 0 aliphatic carbocycles. The van der Waals surface area contributed by atoms with E-state index in [2.05, 4.69) is 43.4 Å². The summed E-state index contributed by atoms with van der Waals surface area (Å²) < 4.78 is 5.56. The number of nitrogens with zero attached hydrogens (tertiary/aromatic N) is 4. The van der Waals surface area contributed by atoms with Gasteiger partial charge in [-0.2, -0.15) is 10.1 Å². The summed E-state index contributed by atoms with van der Waals surface area (Å²) in [5.41, 5.74) is 8.77. The Labute approximate surface area is 161 Å². The van der Waals surface area contributed by atoms with Crippen molar-refractivity contribution in [2.75, 3.05) is 49.0 Å². The molecule has 0 radical (unpaired) electrons. The number of rotatable bonds is 4. The molecule has 142 valence electrons. The number of benzene rings is 1. The first kappa shape index (κ1) is 17.9. The van der Waals surface area contributed by atoms with Crippen LogP contribution in [0.3, 0.4) is 0 Å². The second-order valence-electron chi connectivity index (χ2n) is 6.51. The van der Waals surface area contributed by atoms with Gasteiger partial charge in [0.25, 0.3) is 0 Å². The number of hydrogen-bond donors (Lipinski definition) is 3. The molecule has 1 aromatic carbocycles. The van der Waals surface area contributed by atoms with Crippen LogP contribution in [-0.2, 0) is 4.74 Å². The molecular formula is C18H23N7OS. The average Bonchev–Trinajstić information content (AvgIpc) is 3.08. The van der Waals surface area contributed by atoms with Crippen molar-refractivity contribution in [1.29, 1.82) is 0 Å². The molecule has 9 heteroatoms. The van der Waals surface area contributed by atoms with E-state index >= 15 is 0 Å². The highest BCUT2D eigenvalue weighted by molar-refractivity contribution is 7.98. The van der Waals surface area contributed by atoms with E-state index in [4.69, 9.17) is 10.5 Å². The minimum Gasteiger partial charge on any atom is -0.382 e. The van der Waals surface area contributed by atoms with Gasteiger partial charge in [-0.25, -0.2) is 4.98 Å². The summed E-state index contributed by atoms with van der Waals surface area (Å²) >= 11 is 1.64. The van der Waals surface area contributed by atoms with Crippen molar-refractivity contribution in [3.8, 4) is 11.3 Å². The molecule has 27 heavy (non-hydrogen) atoms. The van der Waals surface area contributed by atoms with E-state index < -0.39 is 0 Å². The number of hydrogen-bond acceptors (Lipinski definition) is 8. The van der Waals surface area contributed by atoms with Gasteiger partial charge in [-0.05, 0) is 25.3 Å². The maximum Gasteiger partial charge on any atom is 0.224 e. The number of thioether (sulfide) groups is 1. The monoisotopic (exact) mass is 385 g/mol. The predicted molar refractivity (Wildman–Crippen MR) is 110 cm³/mol. The van der Waals surface area contributed by atoms with Crippen LogP contribution in [0, 0.1) is 0 Å². The van der Waals surface area contributed by atoms with Crippen molar-refractivity contribution in [2.45, 2.75) is 17.9 Å². The summed E-state index contributed by atoms with van der Waals surface area (Å²) in [5, 5.41) is 11.2. The van der Waals surface area contributed by atoms with E-state index in [0.29, 0.717) is 25.0 Å². The molecule has 2 aromatic heterocycles. The molecule has 4 N–H and O–H groups in total. The number of H-pyrrole nitrogens is 1. The molecule has 4 rings (SSSR count). The normalized spacial score (nSPS) is 17.4. The summed E-state index contributed by atoms with van der Waals surface area (Å²) in [6, 6.07) is 6.44. The van der Waals surface area contributed by atoms with Gasteiger partial charge in [-0.1, -0.05) is 0 Å². The average molecular weight is 385 g/mol. The maximum absolute atomic E-state index is 6.01. The Hall–Kier alpha value is -2.52. The van der Waals surface area contributed by atoms with Crippen molar-refractivity contribution in [1.82, 2.24) is 20.2 Å². The molecule has 1 aliphatic rings. The zero-order valence-electron chi connectivity index (χ0n) is 15.6. The van der Waals surface area contributed by atoms with Crippen molar-refractivity contribution in [2.24, 2.45) is 0 Å². The van der Waals surface area contributed by atoms with Gasteiger partial charge in [0.15, 0.2) is 5.82 Å². The Morgan fingerprint density at radius 3 is 2.93 bits per heavy atom. The summed E-state index contributed by atoms with van der Waals surface area (Å²) in [4.78, 5) is 12.7. The molecule has 0 unspecified atom stereocenters. The lowest BCUT2D eigenvalue weighted by Crippen LogP contribution is -2.44. The van der Waals surface area contributed by atoms with E-state index in [-0.39, 0.29) is 6.04 Å². The summed E-state index contributed by atoms with van der Waals surface area (Å²) in [6.07, 6.45) is 2.03. The first-order valence-electron chi connectivity index (χ1n) is 8.84. The van der Waals surface area contributed by atoms with E-state index in [1.807, 2.05) is 25.4 Å². The largest absolute Gasteiger partial charge is 0.382 e. The molecule has 3 heterocycles. The number of ether oxygens (including phenoxy) is 1. The van der Waals surface area contributed by atoms with E-state index in [9.17, 15) is 0 Å². The molecule has 0 saturated carbocycles. The predicted octanol–water partition coefficient (Wildman–Crippen LogP) is 2.59. The van der Waals surface area contributed by atoms with E-state index in [1.54, 1.807) is 11.8 Å². The first-order valence-corrected chi connectivity index (χ1v) is 10.1. The minimum atomic E-state index is 0.267. The second kappa shape index (κ2) is 7.24. The molecule has 0 spiro atoms. The van der Waals surface area contributed by atoms with Crippen LogP contribution < -0.4 is 16.0 Å². The Morgan fingerprint density at radius 2 is 2.19 bits per heavy atom. The first-order chi connectivity index (χ1) is 13.1. The van der Waals surface area contributed by atoms with Crippen molar-refractivity contribution in [3.05, 3.63) is 18.2 Å². The lowest BCUT2D eigenvalue weighted by molar-refractivity contribution is 0.0985. The van der Waals surface area contributed by atoms with E-state index in [1.165, 1.54) is 0 Å². The number of nitrogen functional groups attached to an aromatic ring is 1. The number of morpholine rings is 1. The Bertz CT molecular complexity index is 974. The lowest BCUT2D eigenvalue weighted by Gasteiger charge is -2.34. The molecule has 1 fully saturated rings. The van der Waals surface area contributed by atoms with Crippen molar-refractivity contribution < 1.29 is 4.74 Å². The number of aromatic nitrogens is 4. The van der Waals surface area contributed by atoms with Crippen LogP contribution in [0.2, 0.25) is 0 Å². The highest BCUT2D eigenvalue weighted by atomic mass is 32.2. The number of aromatic amines is 1.